The van der Waals surface area contributed by atoms with Gasteiger partial charge in [0.15, 0.2) is 11.4 Å². The van der Waals surface area contributed by atoms with Gasteiger partial charge in [0, 0.05) is 12.0 Å². The van der Waals surface area contributed by atoms with E-state index in [1.54, 1.807) is 0 Å². The van der Waals surface area contributed by atoms with Crippen LogP contribution in [-0.4, -0.2) is 22.1 Å². The third-order valence-electron chi connectivity index (χ3n) is 3.66. The average Bonchev–Trinajstić information content (AvgIpc) is 2.96. The molecule has 1 amide bonds. The highest BCUT2D eigenvalue weighted by molar-refractivity contribution is 5.76. The fraction of sp³-hybridized carbons (Fsp3) is 0.250. The number of rotatable bonds is 3. The summed E-state index contributed by atoms with van der Waals surface area (Å²) in [7, 11) is 0. The first kappa shape index (κ1) is 14.6. The highest BCUT2D eigenvalue weighted by Crippen LogP contribution is 2.31. The first-order valence-electron chi connectivity index (χ1n) is 7.09. The quantitative estimate of drug-likeness (QED) is 0.919. The Balaban J connectivity index is 1.73. The lowest BCUT2D eigenvalue weighted by molar-refractivity contribution is -0.122. The second kappa shape index (κ2) is 6.20. The molecule has 1 atom stereocenters. The Morgan fingerprint density at radius 1 is 1.39 bits per heavy atom. The monoisotopic (exact) mass is 307 g/mol. The molecule has 1 aliphatic heterocycles. The van der Waals surface area contributed by atoms with Gasteiger partial charge in [0.2, 0.25) is 5.91 Å². The lowest BCUT2D eigenvalue weighted by Gasteiger charge is -2.26. The van der Waals surface area contributed by atoms with Gasteiger partial charge in [-0.3, -0.25) is 4.79 Å². The third-order valence-corrected chi connectivity index (χ3v) is 3.66. The number of para-hydroxylation sites is 1. The molecule has 0 saturated carbocycles. The minimum Gasteiger partial charge on any atom is -0.493 e. The van der Waals surface area contributed by atoms with Gasteiger partial charge in [-0.25, -0.2) is 4.98 Å². The van der Waals surface area contributed by atoms with Crippen LogP contribution < -0.4 is 10.1 Å². The Morgan fingerprint density at radius 2 is 2.22 bits per heavy atom. The number of carbonyl (C=O) groups is 1. The van der Waals surface area contributed by atoms with E-state index in [9.17, 15) is 4.79 Å². The van der Waals surface area contributed by atoms with E-state index in [0.29, 0.717) is 13.0 Å². The van der Waals surface area contributed by atoms with Crippen molar-refractivity contribution in [1.82, 2.24) is 14.9 Å². The number of nitrogens with one attached hydrogen (secondary N) is 1. The van der Waals surface area contributed by atoms with E-state index in [1.807, 2.05) is 36.4 Å². The summed E-state index contributed by atoms with van der Waals surface area (Å²) in [6, 6.07) is 11.2. The molecule has 0 bridgehead atoms. The summed E-state index contributed by atoms with van der Waals surface area (Å²) in [5.74, 6) is 0.529. The first-order valence-corrected chi connectivity index (χ1v) is 7.09. The van der Waals surface area contributed by atoms with Crippen LogP contribution in [0.4, 0.5) is 0 Å². The van der Waals surface area contributed by atoms with Crippen molar-refractivity contribution in [1.29, 1.82) is 10.5 Å². The number of imidazole rings is 1. The smallest absolute Gasteiger partial charge is 0.240 e. The summed E-state index contributed by atoms with van der Waals surface area (Å²) in [6.07, 6.45) is 2.01. The van der Waals surface area contributed by atoms with Crippen LogP contribution in [0.5, 0.6) is 5.75 Å². The van der Waals surface area contributed by atoms with Crippen LogP contribution in [0.25, 0.3) is 0 Å². The van der Waals surface area contributed by atoms with Crippen LogP contribution in [0.1, 0.15) is 29.4 Å². The molecule has 1 aromatic carbocycles. The Kier molecular flexibility index (Phi) is 3.94. The topological polar surface area (TPSA) is 104 Å². The predicted octanol–water partition coefficient (Wildman–Crippen LogP) is 1.27. The first-order chi connectivity index (χ1) is 11.2. The highest BCUT2D eigenvalue weighted by atomic mass is 16.5. The molecule has 3 rings (SSSR count). The number of hydrogen-bond donors (Lipinski definition) is 1. The Hall–Kier alpha value is -3.32. The molecule has 0 fully saturated rings. The van der Waals surface area contributed by atoms with Gasteiger partial charge < -0.3 is 14.6 Å². The fourth-order valence-electron chi connectivity index (χ4n) is 2.59. The van der Waals surface area contributed by atoms with Gasteiger partial charge in [-0.15, -0.1) is 0 Å². The normalized spacial score (nSPS) is 15.7. The number of carbonyl (C=O) groups excluding carboxylic acids is 1. The number of fused-ring (bicyclic) bond motifs is 1. The SMILES string of the molecule is N#Cc1ncn(CC(=O)NC2CCOc3ccccc32)c1C#N. The van der Waals surface area contributed by atoms with Gasteiger partial charge >= 0.3 is 0 Å². The average molecular weight is 307 g/mol. The van der Waals surface area contributed by atoms with Crippen molar-refractivity contribution in [3.05, 3.63) is 47.5 Å². The van der Waals surface area contributed by atoms with E-state index >= 15 is 0 Å². The van der Waals surface area contributed by atoms with Gasteiger partial charge in [0.25, 0.3) is 0 Å². The van der Waals surface area contributed by atoms with Crippen molar-refractivity contribution in [2.75, 3.05) is 6.61 Å². The zero-order chi connectivity index (χ0) is 16.2. The molecule has 7 nitrogen and oxygen atoms in total. The van der Waals surface area contributed by atoms with Crippen LogP contribution in [-0.2, 0) is 11.3 Å². The predicted molar refractivity (Wildman–Crippen MR) is 79.1 cm³/mol. The van der Waals surface area contributed by atoms with E-state index in [4.69, 9.17) is 15.3 Å². The zero-order valence-corrected chi connectivity index (χ0v) is 12.2. The van der Waals surface area contributed by atoms with Crippen molar-refractivity contribution in [3.63, 3.8) is 0 Å². The summed E-state index contributed by atoms with van der Waals surface area (Å²) in [6.45, 7) is 0.478. The number of amides is 1. The molecule has 0 saturated heterocycles. The van der Waals surface area contributed by atoms with Gasteiger partial charge in [-0.1, -0.05) is 18.2 Å². The molecule has 0 spiro atoms. The molecule has 7 heteroatoms. The van der Waals surface area contributed by atoms with Crippen LogP contribution in [0.3, 0.4) is 0 Å². The molecule has 0 aliphatic carbocycles. The number of hydrogen-bond acceptors (Lipinski definition) is 5. The van der Waals surface area contributed by atoms with Crippen molar-refractivity contribution < 1.29 is 9.53 Å². The maximum Gasteiger partial charge on any atom is 0.240 e. The number of nitrogens with zero attached hydrogens (tertiary/aromatic N) is 4. The lowest BCUT2D eigenvalue weighted by atomic mass is 10.0. The maximum atomic E-state index is 12.3. The van der Waals surface area contributed by atoms with E-state index in [0.717, 1.165) is 11.3 Å². The second-order valence-electron chi connectivity index (χ2n) is 5.09. The van der Waals surface area contributed by atoms with Crippen LogP contribution in [0.15, 0.2) is 30.6 Å². The zero-order valence-electron chi connectivity index (χ0n) is 12.2. The van der Waals surface area contributed by atoms with Gasteiger partial charge in [-0.2, -0.15) is 10.5 Å². The van der Waals surface area contributed by atoms with Crippen molar-refractivity contribution in [2.24, 2.45) is 0 Å². The van der Waals surface area contributed by atoms with Gasteiger partial charge in [-0.05, 0) is 6.07 Å². The summed E-state index contributed by atoms with van der Waals surface area (Å²) in [4.78, 5) is 16.1. The summed E-state index contributed by atoms with van der Waals surface area (Å²) >= 11 is 0. The molecule has 2 aromatic rings. The molecule has 114 valence electrons. The van der Waals surface area contributed by atoms with Crippen molar-refractivity contribution in [3.8, 4) is 17.9 Å². The minimum atomic E-state index is -0.245. The minimum absolute atomic E-state index is 0.0247. The largest absolute Gasteiger partial charge is 0.493 e. The van der Waals surface area contributed by atoms with Gasteiger partial charge in [0.1, 0.15) is 24.4 Å². The van der Waals surface area contributed by atoms with E-state index in [-0.39, 0.29) is 29.9 Å². The van der Waals surface area contributed by atoms with Crippen LogP contribution >= 0.6 is 0 Å². The molecule has 1 N–H and O–H groups in total. The molecular formula is C16H13N5O2. The Morgan fingerprint density at radius 3 is 3.00 bits per heavy atom. The molecule has 23 heavy (non-hydrogen) atoms. The van der Waals surface area contributed by atoms with Crippen molar-refractivity contribution >= 4 is 5.91 Å². The fourth-order valence-corrected chi connectivity index (χ4v) is 2.59. The third kappa shape index (κ3) is 2.85. The number of ether oxygens (including phenoxy) is 1. The number of benzene rings is 1. The second-order valence-corrected chi connectivity index (χ2v) is 5.09. The van der Waals surface area contributed by atoms with Crippen LogP contribution in [0.2, 0.25) is 0 Å². The lowest BCUT2D eigenvalue weighted by Crippen LogP contribution is -2.34. The number of nitriles is 2. The molecular weight excluding hydrogens is 294 g/mol. The summed E-state index contributed by atoms with van der Waals surface area (Å²) in [5, 5.41) is 20.9. The maximum absolute atomic E-state index is 12.3. The van der Waals surface area contributed by atoms with Gasteiger partial charge in [0.05, 0.1) is 19.0 Å². The summed E-state index contributed by atoms with van der Waals surface area (Å²) in [5.41, 5.74) is 1.06. The Bertz CT molecular complexity index is 828. The van der Waals surface area contributed by atoms with Crippen molar-refractivity contribution in [2.45, 2.75) is 19.0 Å². The molecule has 2 heterocycles. The van der Waals surface area contributed by atoms with E-state index < -0.39 is 0 Å². The molecule has 0 radical (unpaired) electrons. The van der Waals surface area contributed by atoms with Crippen LogP contribution in [0, 0.1) is 22.7 Å². The molecule has 1 aliphatic rings. The molecule has 1 unspecified atom stereocenters. The summed E-state index contributed by atoms with van der Waals surface area (Å²) < 4.78 is 6.94. The Labute approximate surface area is 132 Å². The van der Waals surface area contributed by atoms with E-state index in [2.05, 4.69) is 10.3 Å². The highest BCUT2D eigenvalue weighted by Gasteiger charge is 2.23. The number of aromatic nitrogens is 2. The standard InChI is InChI=1S/C16H13N5O2/c17-7-13-14(8-18)21(10-19-13)9-16(22)20-12-5-6-23-15-4-2-1-3-11(12)15/h1-4,10,12H,5-6,9H2,(H,20,22). The molecule has 1 aromatic heterocycles. The van der Waals surface area contributed by atoms with E-state index in [1.165, 1.54) is 10.9 Å².